The van der Waals surface area contributed by atoms with Crippen LogP contribution in [0.1, 0.15) is 27.8 Å². The van der Waals surface area contributed by atoms with Crippen molar-refractivity contribution >= 4 is 5.91 Å². The summed E-state index contributed by atoms with van der Waals surface area (Å²) in [6, 6.07) is 13.5. The first kappa shape index (κ1) is 15.6. The van der Waals surface area contributed by atoms with E-state index in [1.54, 1.807) is 6.20 Å². The molecule has 2 aromatic heterocycles. The molecule has 0 aliphatic carbocycles. The van der Waals surface area contributed by atoms with Crippen LogP contribution in [0.5, 0.6) is 0 Å². The normalized spacial score (nSPS) is 14.7. The van der Waals surface area contributed by atoms with Gasteiger partial charge in [0.25, 0.3) is 5.91 Å². The Labute approximate surface area is 145 Å². The van der Waals surface area contributed by atoms with E-state index < -0.39 is 0 Å². The summed E-state index contributed by atoms with van der Waals surface area (Å²) < 4.78 is 3.72. The van der Waals surface area contributed by atoms with Gasteiger partial charge < -0.3 is 10.6 Å². The lowest BCUT2D eigenvalue weighted by Gasteiger charge is -2.19. The molecule has 3 aromatic rings. The van der Waals surface area contributed by atoms with Gasteiger partial charge in [-0.25, -0.2) is 0 Å². The second kappa shape index (κ2) is 6.90. The molecule has 0 unspecified atom stereocenters. The van der Waals surface area contributed by atoms with Gasteiger partial charge in [0.15, 0.2) is 5.69 Å². The number of amides is 1. The number of hydrogen-bond donors (Lipinski definition) is 2. The molecule has 1 aliphatic rings. The molecule has 7 nitrogen and oxygen atoms in total. The maximum Gasteiger partial charge on any atom is 0.272 e. The van der Waals surface area contributed by atoms with Gasteiger partial charge in [0, 0.05) is 25.5 Å². The SMILES string of the molecule is O=C(N[C@H](Cn1cccn1)c1ccccc1)c1cc2n(n1)CCNC2. The van der Waals surface area contributed by atoms with Gasteiger partial charge in [0.05, 0.1) is 24.8 Å². The molecular formula is C18H20N6O. The molecule has 0 fully saturated rings. The molecule has 4 rings (SSSR count). The number of nitrogens with zero attached hydrogens (tertiary/aromatic N) is 4. The van der Waals surface area contributed by atoms with E-state index in [0.717, 1.165) is 30.9 Å². The predicted octanol–water partition coefficient (Wildman–Crippen LogP) is 1.35. The zero-order chi connectivity index (χ0) is 17.1. The van der Waals surface area contributed by atoms with Crippen molar-refractivity contribution in [2.45, 2.75) is 25.7 Å². The van der Waals surface area contributed by atoms with Gasteiger partial charge in [-0.1, -0.05) is 30.3 Å². The molecule has 0 saturated heterocycles. The average molecular weight is 336 g/mol. The molecule has 3 heterocycles. The highest BCUT2D eigenvalue weighted by atomic mass is 16.2. The molecular weight excluding hydrogens is 316 g/mol. The molecule has 0 bridgehead atoms. The quantitative estimate of drug-likeness (QED) is 0.737. The monoisotopic (exact) mass is 336 g/mol. The van der Waals surface area contributed by atoms with Crippen LogP contribution >= 0.6 is 0 Å². The summed E-state index contributed by atoms with van der Waals surface area (Å²) in [6.45, 7) is 2.98. The first-order valence-corrected chi connectivity index (χ1v) is 8.40. The second-order valence-electron chi connectivity index (χ2n) is 6.09. The lowest BCUT2D eigenvalue weighted by atomic mass is 10.1. The molecule has 0 saturated carbocycles. The Morgan fingerprint density at radius 2 is 2.16 bits per heavy atom. The molecule has 25 heavy (non-hydrogen) atoms. The average Bonchev–Trinajstić information content (AvgIpc) is 3.31. The van der Waals surface area contributed by atoms with E-state index in [1.807, 2.05) is 58.0 Å². The van der Waals surface area contributed by atoms with Crippen LogP contribution < -0.4 is 10.6 Å². The van der Waals surface area contributed by atoms with Crippen molar-refractivity contribution in [2.75, 3.05) is 6.54 Å². The highest BCUT2D eigenvalue weighted by Crippen LogP contribution is 2.16. The van der Waals surface area contributed by atoms with Crippen LogP contribution in [0.15, 0.2) is 54.9 Å². The van der Waals surface area contributed by atoms with Crippen molar-refractivity contribution in [2.24, 2.45) is 0 Å². The summed E-state index contributed by atoms with van der Waals surface area (Å²) in [4.78, 5) is 12.7. The highest BCUT2D eigenvalue weighted by Gasteiger charge is 2.20. The van der Waals surface area contributed by atoms with Crippen LogP contribution in [0, 0.1) is 0 Å². The third-order valence-corrected chi connectivity index (χ3v) is 4.34. The van der Waals surface area contributed by atoms with Gasteiger partial charge >= 0.3 is 0 Å². The van der Waals surface area contributed by atoms with Crippen LogP contribution in [0.4, 0.5) is 0 Å². The van der Waals surface area contributed by atoms with E-state index in [0.29, 0.717) is 12.2 Å². The van der Waals surface area contributed by atoms with Crippen molar-refractivity contribution < 1.29 is 4.79 Å². The van der Waals surface area contributed by atoms with Crippen molar-refractivity contribution in [3.8, 4) is 0 Å². The van der Waals surface area contributed by atoms with Crippen LogP contribution in [-0.2, 0) is 19.6 Å². The third-order valence-electron chi connectivity index (χ3n) is 4.34. The first-order valence-electron chi connectivity index (χ1n) is 8.40. The van der Waals surface area contributed by atoms with Gasteiger partial charge in [-0.3, -0.25) is 14.2 Å². The zero-order valence-electron chi connectivity index (χ0n) is 13.8. The van der Waals surface area contributed by atoms with Crippen LogP contribution in [0.25, 0.3) is 0 Å². The summed E-state index contributed by atoms with van der Waals surface area (Å²) in [6.07, 6.45) is 3.63. The molecule has 1 aliphatic heterocycles. The molecule has 7 heteroatoms. The van der Waals surface area contributed by atoms with Gasteiger partial charge in [0.1, 0.15) is 0 Å². The Hall–Kier alpha value is -2.93. The van der Waals surface area contributed by atoms with Crippen LogP contribution in [0.3, 0.4) is 0 Å². The summed E-state index contributed by atoms with van der Waals surface area (Å²) in [7, 11) is 0. The minimum Gasteiger partial charge on any atom is -0.342 e. The van der Waals surface area contributed by atoms with Crippen molar-refractivity contribution in [1.29, 1.82) is 0 Å². The largest absolute Gasteiger partial charge is 0.342 e. The summed E-state index contributed by atoms with van der Waals surface area (Å²) in [5.41, 5.74) is 2.54. The van der Waals surface area contributed by atoms with E-state index in [-0.39, 0.29) is 11.9 Å². The van der Waals surface area contributed by atoms with Crippen molar-refractivity contribution in [1.82, 2.24) is 30.2 Å². The molecule has 0 radical (unpaired) electrons. The number of aromatic nitrogens is 4. The van der Waals surface area contributed by atoms with E-state index in [2.05, 4.69) is 20.8 Å². The number of nitrogens with one attached hydrogen (secondary N) is 2. The lowest BCUT2D eigenvalue weighted by Crippen LogP contribution is -2.32. The Bertz CT molecular complexity index is 816. The van der Waals surface area contributed by atoms with E-state index in [1.165, 1.54) is 0 Å². The number of benzene rings is 1. The summed E-state index contributed by atoms with van der Waals surface area (Å²) >= 11 is 0. The maximum atomic E-state index is 12.7. The van der Waals surface area contributed by atoms with Gasteiger partial charge in [-0.15, -0.1) is 0 Å². The fraction of sp³-hybridized carbons (Fsp3) is 0.278. The number of carbonyl (C=O) groups is 1. The van der Waals surface area contributed by atoms with Crippen LogP contribution in [-0.4, -0.2) is 32.0 Å². The maximum absolute atomic E-state index is 12.7. The smallest absolute Gasteiger partial charge is 0.272 e. The Morgan fingerprint density at radius 1 is 1.28 bits per heavy atom. The van der Waals surface area contributed by atoms with Gasteiger partial charge in [-0.2, -0.15) is 10.2 Å². The minimum atomic E-state index is -0.176. The number of hydrogen-bond acceptors (Lipinski definition) is 4. The topological polar surface area (TPSA) is 76.8 Å². The molecule has 128 valence electrons. The number of fused-ring (bicyclic) bond motifs is 1. The standard InChI is InChI=1S/C18H20N6O/c25-18(16-11-15-12-19-8-10-24(15)22-16)21-17(13-23-9-4-7-20-23)14-5-2-1-3-6-14/h1-7,9,11,17,19H,8,10,12-13H2,(H,21,25)/t17-/m1/s1. The first-order chi connectivity index (χ1) is 12.3. The fourth-order valence-electron chi connectivity index (χ4n) is 3.05. The second-order valence-corrected chi connectivity index (χ2v) is 6.09. The number of rotatable bonds is 5. The third kappa shape index (κ3) is 3.46. The number of carbonyl (C=O) groups excluding carboxylic acids is 1. The minimum absolute atomic E-state index is 0.164. The van der Waals surface area contributed by atoms with Crippen molar-refractivity contribution in [3.05, 3.63) is 71.8 Å². The molecule has 2 N–H and O–H groups in total. The summed E-state index contributed by atoms with van der Waals surface area (Å²) in [5.74, 6) is -0.164. The lowest BCUT2D eigenvalue weighted by molar-refractivity contribution is 0.0926. The fourth-order valence-corrected chi connectivity index (χ4v) is 3.05. The predicted molar refractivity (Wildman–Crippen MR) is 92.8 cm³/mol. The zero-order valence-corrected chi connectivity index (χ0v) is 13.8. The Morgan fingerprint density at radius 3 is 2.92 bits per heavy atom. The summed E-state index contributed by atoms with van der Waals surface area (Å²) in [5, 5.41) is 15.1. The Balaban J connectivity index is 1.55. The Kier molecular flexibility index (Phi) is 4.30. The van der Waals surface area contributed by atoms with E-state index in [4.69, 9.17) is 0 Å². The van der Waals surface area contributed by atoms with E-state index in [9.17, 15) is 4.79 Å². The molecule has 1 amide bonds. The van der Waals surface area contributed by atoms with Crippen molar-refractivity contribution in [3.63, 3.8) is 0 Å². The van der Waals surface area contributed by atoms with Crippen LogP contribution in [0.2, 0.25) is 0 Å². The molecule has 1 aromatic carbocycles. The molecule has 1 atom stereocenters. The van der Waals surface area contributed by atoms with Gasteiger partial charge in [-0.05, 0) is 17.7 Å². The van der Waals surface area contributed by atoms with Gasteiger partial charge in [0.2, 0.25) is 0 Å². The molecule has 0 spiro atoms. The highest BCUT2D eigenvalue weighted by molar-refractivity contribution is 5.92. The van der Waals surface area contributed by atoms with E-state index >= 15 is 0 Å².